The van der Waals surface area contributed by atoms with Crippen LogP contribution in [-0.4, -0.2) is 43.3 Å². The van der Waals surface area contributed by atoms with E-state index in [2.05, 4.69) is 5.32 Å². The van der Waals surface area contributed by atoms with Crippen molar-refractivity contribution in [3.05, 3.63) is 23.8 Å². The van der Waals surface area contributed by atoms with E-state index in [4.69, 9.17) is 14.0 Å². The molecule has 1 aromatic rings. The number of carbonyl (C=O) groups excluding carboxylic acids is 1. The molecule has 1 saturated carbocycles. The highest BCUT2D eigenvalue weighted by atomic mass is 19.3. The number of benzene rings is 1. The van der Waals surface area contributed by atoms with Crippen LogP contribution in [0.5, 0.6) is 5.75 Å². The minimum absolute atomic E-state index is 0.320. The molecule has 1 saturated heterocycles. The molecule has 2 aliphatic rings. The fourth-order valence-corrected chi connectivity index (χ4v) is 3.06. The zero-order valence-electron chi connectivity index (χ0n) is 15.7. The van der Waals surface area contributed by atoms with Crippen molar-refractivity contribution < 1.29 is 27.6 Å². The summed E-state index contributed by atoms with van der Waals surface area (Å²) in [5.74, 6) is -2.53. The fourth-order valence-electron chi connectivity index (χ4n) is 3.06. The molecule has 1 N–H and O–H groups in total. The first-order valence-corrected chi connectivity index (χ1v) is 8.66. The van der Waals surface area contributed by atoms with E-state index in [9.17, 15) is 13.6 Å². The molecule has 0 aromatic heterocycles. The highest BCUT2D eigenvalue weighted by Crippen LogP contribution is 2.38. The number of nitrogens with one attached hydrogen (secondary N) is 1. The van der Waals surface area contributed by atoms with Crippen LogP contribution in [0.15, 0.2) is 18.2 Å². The van der Waals surface area contributed by atoms with Gasteiger partial charge in [0.15, 0.2) is 0 Å². The third-order valence-electron chi connectivity index (χ3n) is 5.42. The molecule has 0 spiro atoms. The van der Waals surface area contributed by atoms with Crippen LogP contribution in [0.25, 0.3) is 0 Å². The maximum atomic E-state index is 13.0. The Labute approximate surface area is 152 Å². The normalized spacial score (nSPS) is 23.4. The van der Waals surface area contributed by atoms with Crippen molar-refractivity contribution in [2.45, 2.75) is 63.7 Å². The lowest BCUT2D eigenvalue weighted by Gasteiger charge is -2.35. The summed E-state index contributed by atoms with van der Waals surface area (Å²) in [6, 6.07) is 4.39. The zero-order chi connectivity index (χ0) is 19.3. The highest BCUT2D eigenvalue weighted by molar-refractivity contribution is 6.63. The van der Waals surface area contributed by atoms with Crippen molar-refractivity contribution >= 4 is 18.5 Å². The summed E-state index contributed by atoms with van der Waals surface area (Å²) in [6.45, 7) is 7.75. The van der Waals surface area contributed by atoms with Crippen LogP contribution >= 0.6 is 0 Å². The number of hydrogen-bond donors (Lipinski definition) is 1. The molecular formula is C18H24BF2NO4. The number of rotatable bonds is 4. The summed E-state index contributed by atoms with van der Waals surface area (Å²) in [5.41, 5.74) is -0.111. The lowest BCUT2D eigenvalue weighted by molar-refractivity contribution is -0.0901. The minimum atomic E-state index is -2.67. The smallest absolute Gasteiger partial charge is 0.497 e. The maximum Gasteiger partial charge on any atom is 0.498 e. The van der Waals surface area contributed by atoms with E-state index >= 15 is 0 Å². The zero-order valence-corrected chi connectivity index (χ0v) is 15.7. The van der Waals surface area contributed by atoms with Crippen LogP contribution in [0.1, 0.15) is 50.9 Å². The standard InChI is InChI=1S/C18H24BF2NO4/c1-16(2)17(3,4)26-19(25-16)13-8-11(6-7-14(13)24-5)15(23)22-12-9-18(20,21)10-12/h6-8,12H,9-10H2,1-5H3,(H,22,23). The Morgan fingerprint density at radius 3 is 2.27 bits per heavy atom. The van der Waals surface area contributed by atoms with Crippen molar-refractivity contribution in [1.82, 2.24) is 5.32 Å². The van der Waals surface area contributed by atoms with Gasteiger partial charge in [-0.05, 0) is 45.9 Å². The van der Waals surface area contributed by atoms with Crippen LogP contribution in [0, 0.1) is 0 Å². The van der Waals surface area contributed by atoms with E-state index < -0.39 is 36.2 Å². The molecule has 3 rings (SSSR count). The summed E-state index contributed by atoms with van der Waals surface area (Å²) in [5, 5.41) is 2.63. The summed E-state index contributed by atoms with van der Waals surface area (Å²) >= 11 is 0. The summed E-state index contributed by atoms with van der Waals surface area (Å²) < 4.78 is 43.4. The predicted molar refractivity (Wildman–Crippen MR) is 94.1 cm³/mol. The van der Waals surface area contributed by atoms with Crippen LogP contribution < -0.4 is 15.5 Å². The molecule has 0 radical (unpaired) electrons. The van der Waals surface area contributed by atoms with Gasteiger partial charge >= 0.3 is 7.12 Å². The Balaban J connectivity index is 1.80. The second-order valence-corrected chi connectivity index (χ2v) is 7.98. The Bertz CT molecular complexity index is 699. The first kappa shape index (κ1) is 19.1. The van der Waals surface area contributed by atoms with Crippen molar-refractivity contribution in [3.63, 3.8) is 0 Å². The lowest BCUT2D eigenvalue weighted by Crippen LogP contribution is -2.50. The third kappa shape index (κ3) is 3.44. The van der Waals surface area contributed by atoms with E-state index in [1.807, 2.05) is 27.7 Å². The van der Waals surface area contributed by atoms with Gasteiger partial charge in [-0.1, -0.05) is 0 Å². The van der Waals surface area contributed by atoms with Gasteiger partial charge in [-0.15, -0.1) is 0 Å². The summed E-state index contributed by atoms with van der Waals surface area (Å²) in [6.07, 6.45) is -0.641. The van der Waals surface area contributed by atoms with Crippen LogP contribution in [0.4, 0.5) is 8.78 Å². The number of amides is 1. The van der Waals surface area contributed by atoms with Gasteiger partial charge in [-0.3, -0.25) is 4.79 Å². The van der Waals surface area contributed by atoms with Gasteiger partial charge in [-0.25, -0.2) is 8.78 Å². The van der Waals surface area contributed by atoms with Gasteiger partial charge in [0, 0.05) is 29.9 Å². The van der Waals surface area contributed by atoms with Crippen molar-refractivity contribution in [3.8, 4) is 5.75 Å². The number of hydrogen-bond acceptors (Lipinski definition) is 4. The van der Waals surface area contributed by atoms with Gasteiger partial charge in [-0.2, -0.15) is 0 Å². The van der Waals surface area contributed by atoms with Gasteiger partial charge in [0.2, 0.25) is 0 Å². The van der Waals surface area contributed by atoms with E-state index in [1.165, 1.54) is 7.11 Å². The monoisotopic (exact) mass is 367 g/mol. The molecule has 26 heavy (non-hydrogen) atoms. The molecule has 1 heterocycles. The van der Waals surface area contributed by atoms with E-state index in [1.54, 1.807) is 18.2 Å². The van der Waals surface area contributed by atoms with Crippen LogP contribution in [-0.2, 0) is 9.31 Å². The highest BCUT2D eigenvalue weighted by Gasteiger charge is 2.52. The van der Waals surface area contributed by atoms with E-state index in [-0.39, 0.29) is 12.8 Å². The molecule has 2 fully saturated rings. The molecule has 0 bridgehead atoms. The molecule has 142 valence electrons. The quantitative estimate of drug-likeness (QED) is 0.831. The lowest BCUT2D eigenvalue weighted by atomic mass is 9.77. The Morgan fingerprint density at radius 2 is 1.77 bits per heavy atom. The molecule has 0 atom stereocenters. The molecule has 1 aromatic carbocycles. The van der Waals surface area contributed by atoms with Crippen LogP contribution in [0.2, 0.25) is 0 Å². The van der Waals surface area contributed by atoms with E-state index in [0.717, 1.165) is 0 Å². The van der Waals surface area contributed by atoms with Crippen molar-refractivity contribution in [2.75, 3.05) is 7.11 Å². The fraction of sp³-hybridized carbons (Fsp3) is 0.611. The molecule has 1 amide bonds. The second-order valence-electron chi connectivity index (χ2n) is 7.98. The first-order chi connectivity index (χ1) is 11.9. The minimum Gasteiger partial charge on any atom is -0.497 e. The Hall–Kier alpha value is -1.67. The number of carbonyl (C=O) groups is 1. The third-order valence-corrected chi connectivity index (χ3v) is 5.42. The molecule has 0 unspecified atom stereocenters. The van der Waals surface area contributed by atoms with Crippen molar-refractivity contribution in [1.29, 1.82) is 0 Å². The van der Waals surface area contributed by atoms with Crippen LogP contribution in [0.3, 0.4) is 0 Å². The Morgan fingerprint density at radius 1 is 1.19 bits per heavy atom. The predicted octanol–water partition coefficient (Wildman–Crippen LogP) is 2.52. The topological polar surface area (TPSA) is 56.8 Å². The molecule has 8 heteroatoms. The van der Waals surface area contributed by atoms with Gasteiger partial charge in [0.25, 0.3) is 11.8 Å². The number of ether oxygens (including phenoxy) is 1. The largest absolute Gasteiger partial charge is 0.498 e. The number of halogens is 2. The second kappa shape index (κ2) is 6.20. The van der Waals surface area contributed by atoms with Gasteiger partial charge in [0.05, 0.1) is 18.3 Å². The molecule has 1 aliphatic carbocycles. The maximum absolute atomic E-state index is 13.0. The summed E-state index contributed by atoms with van der Waals surface area (Å²) in [4.78, 5) is 12.4. The molecular weight excluding hydrogens is 343 g/mol. The average molecular weight is 367 g/mol. The number of methoxy groups -OCH3 is 1. The summed E-state index contributed by atoms with van der Waals surface area (Å²) in [7, 11) is 0.844. The van der Waals surface area contributed by atoms with E-state index in [0.29, 0.717) is 16.8 Å². The van der Waals surface area contributed by atoms with Crippen molar-refractivity contribution in [2.24, 2.45) is 0 Å². The number of alkyl halides is 2. The molecule has 1 aliphatic heterocycles. The average Bonchev–Trinajstić information content (AvgIpc) is 2.72. The Kier molecular flexibility index (Phi) is 4.56. The SMILES string of the molecule is COc1ccc(C(=O)NC2CC(F)(F)C2)cc1B1OC(C)(C)C(C)(C)O1. The first-order valence-electron chi connectivity index (χ1n) is 8.66. The van der Waals surface area contributed by atoms with Gasteiger partial charge in [0.1, 0.15) is 5.75 Å². The molecule has 5 nitrogen and oxygen atoms in total. The van der Waals surface area contributed by atoms with Gasteiger partial charge < -0.3 is 19.4 Å².